The number of ether oxygens (including phenoxy) is 2. The van der Waals surface area contributed by atoms with Crippen molar-refractivity contribution in [2.75, 3.05) is 5.32 Å². The maximum absolute atomic E-state index is 13.6. The largest absolute Gasteiger partial charge is 0.452 e. The lowest BCUT2D eigenvalue weighted by Crippen LogP contribution is -2.49. The molecule has 0 saturated heterocycles. The number of nitrogens with one attached hydrogen (secondary N) is 2. The SMILES string of the molecule is CC(C)(C)OC(=O)N[C@@H]1Cc2ccc(Cl)c(Oc3cc(F)ccc3Br)c2NC1=O. The van der Waals surface area contributed by atoms with Crippen LogP contribution in [0.1, 0.15) is 26.3 Å². The maximum Gasteiger partial charge on any atom is 0.408 e. The van der Waals surface area contributed by atoms with E-state index in [-0.39, 0.29) is 22.9 Å². The first-order valence-electron chi connectivity index (χ1n) is 8.78. The van der Waals surface area contributed by atoms with Gasteiger partial charge in [0, 0.05) is 12.5 Å². The zero-order valence-corrected chi connectivity index (χ0v) is 18.3. The molecule has 3 rings (SSSR count). The Balaban J connectivity index is 1.86. The third kappa shape index (κ3) is 5.19. The minimum absolute atomic E-state index is 0.194. The second kappa shape index (κ2) is 8.20. The van der Waals surface area contributed by atoms with Crippen molar-refractivity contribution in [1.29, 1.82) is 0 Å². The second-order valence-corrected chi connectivity index (χ2v) is 8.74. The van der Waals surface area contributed by atoms with Crippen molar-refractivity contribution in [3.8, 4) is 11.5 Å². The van der Waals surface area contributed by atoms with E-state index in [0.717, 1.165) is 0 Å². The number of hydrogen-bond donors (Lipinski definition) is 2. The molecule has 9 heteroatoms. The Morgan fingerprint density at radius 1 is 1.31 bits per heavy atom. The Morgan fingerprint density at radius 3 is 2.72 bits per heavy atom. The van der Waals surface area contributed by atoms with Gasteiger partial charge in [0.25, 0.3) is 0 Å². The van der Waals surface area contributed by atoms with Gasteiger partial charge in [-0.1, -0.05) is 17.7 Å². The zero-order valence-electron chi connectivity index (χ0n) is 15.9. The van der Waals surface area contributed by atoms with Crippen molar-refractivity contribution in [3.05, 3.63) is 51.2 Å². The molecule has 1 aliphatic heterocycles. The fraction of sp³-hybridized carbons (Fsp3) is 0.300. The number of halogens is 3. The summed E-state index contributed by atoms with van der Waals surface area (Å²) in [7, 11) is 0. The third-order valence-corrected chi connectivity index (χ3v) is 4.93. The molecule has 2 aromatic rings. The van der Waals surface area contributed by atoms with E-state index in [1.807, 2.05) is 0 Å². The summed E-state index contributed by atoms with van der Waals surface area (Å²) < 4.78 is 25.1. The molecule has 0 aliphatic carbocycles. The quantitative estimate of drug-likeness (QED) is 0.608. The van der Waals surface area contributed by atoms with Gasteiger partial charge in [-0.25, -0.2) is 9.18 Å². The van der Waals surface area contributed by atoms with Gasteiger partial charge in [-0.3, -0.25) is 4.79 Å². The van der Waals surface area contributed by atoms with Crippen LogP contribution in [0.3, 0.4) is 0 Å². The van der Waals surface area contributed by atoms with Crippen LogP contribution < -0.4 is 15.4 Å². The molecule has 0 fully saturated rings. The standard InChI is InChI=1S/C20H19BrClFN2O4/c1-20(2,3)29-19(27)24-14-8-10-4-7-13(22)17(16(10)25-18(14)26)28-15-9-11(23)5-6-12(15)21/h4-7,9,14H,8H2,1-3H3,(H,24,27)(H,25,26)/t14-/m1/s1. The highest BCUT2D eigenvalue weighted by molar-refractivity contribution is 9.10. The monoisotopic (exact) mass is 484 g/mol. The smallest absolute Gasteiger partial charge is 0.408 e. The molecule has 0 unspecified atom stereocenters. The van der Waals surface area contributed by atoms with E-state index >= 15 is 0 Å². The number of amides is 2. The van der Waals surface area contributed by atoms with Crippen LogP contribution in [-0.4, -0.2) is 23.6 Å². The van der Waals surface area contributed by atoms with Gasteiger partial charge in [0.05, 0.1) is 15.2 Å². The molecule has 2 amide bonds. The first kappa shape index (κ1) is 21.4. The van der Waals surface area contributed by atoms with Crippen LogP contribution in [0, 0.1) is 5.82 Å². The van der Waals surface area contributed by atoms with E-state index in [9.17, 15) is 14.0 Å². The van der Waals surface area contributed by atoms with Crippen LogP contribution in [0.5, 0.6) is 11.5 Å². The third-order valence-electron chi connectivity index (χ3n) is 3.98. The minimum Gasteiger partial charge on any atom is -0.452 e. The average molecular weight is 486 g/mol. The second-order valence-electron chi connectivity index (χ2n) is 7.48. The van der Waals surface area contributed by atoms with E-state index in [1.54, 1.807) is 32.9 Å². The van der Waals surface area contributed by atoms with Crippen LogP contribution in [0.15, 0.2) is 34.8 Å². The fourth-order valence-electron chi connectivity index (χ4n) is 2.76. The van der Waals surface area contributed by atoms with Gasteiger partial charge in [-0.15, -0.1) is 0 Å². The van der Waals surface area contributed by atoms with Gasteiger partial charge in [0.2, 0.25) is 5.91 Å². The summed E-state index contributed by atoms with van der Waals surface area (Å²) in [4.78, 5) is 24.6. The Bertz CT molecular complexity index is 978. The number of benzene rings is 2. The van der Waals surface area contributed by atoms with E-state index in [1.165, 1.54) is 18.2 Å². The first-order valence-corrected chi connectivity index (χ1v) is 9.95. The predicted molar refractivity (Wildman–Crippen MR) is 111 cm³/mol. The molecule has 0 spiro atoms. The number of anilines is 1. The molecule has 0 saturated carbocycles. The minimum atomic E-state index is -0.813. The van der Waals surface area contributed by atoms with Gasteiger partial charge in [0.15, 0.2) is 5.75 Å². The van der Waals surface area contributed by atoms with E-state index < -0.39 is 29.5 Å². The molecule has 2 N–H and O–H groups in total. The molecular weight excluding hydrogens is 467 g/mol. The highest BCUT2D eigenvalue weighted by Crippen LogP contribution is 2.42. The van der Waals surface area contributed by atoms with Crippen LogP contribution in [0.4, 0.5) is 14.9 Å². The summed E-state index contributed by atoms with van der Waals surface area (Å²) in [5.74, 6) is -0.508. The molecule has 6 nitrogen and oxygen atoms in total. The Kier molecular flexibility index (Phi) is 6.05. The molecule has 0 bridgehead atoms. The highest BCUT2D eigenvalue weighted by Gasteiger charge is 2.32. The van der Waals surface area contributed by atoms with Crippen molar-refractivity contribution in [2.45, 2.75) is 38.8 Å². The van der Waals surface area contributed by atoms with Crippen LogP contribution in [-0.2, 0) is 16.0 Å². The summed E-state index contributed by atoms with van der Waals surface area (Å²) in [6.07, 6.45) is -0.464. The average Bonchev–Trinajstić information content (AvgIpc) is 2.60. The first-order chi connectivity index (χ1) is 13.5. The molecule has 1 aliphatic rings. The van der Waals surface area contributed by atoms with Crippen molar-refractivity contribution in [1.82, 2.24) is 5.32 Å². The number of rotatable bonds is 3. The summed E-state index contributed by atoms with van der Waals surface area (Å²) >= 11 is 9.57. The molecular formula is C20H19BrClFN2O4. The molecule has 1 atom stereocenters. The maximum atomic E-state index is 13.6. The van der Waals surface area contributed by atoms with Crippen molar-refractivity contribution < 1.29 is 23.5 Å². The lowest BCUT2D eigenvalue weighted by molar-refractivity contribution is -0.118. The Hall–Kier alpha value is -2.32. The van der Waals surface area contributed by atoms with Crippen molar-refractivity contribution >= 4 is 45.2 Å². The Labute approximate surface area is 180 Å². The summed E-state index contributed by atoms with van der Waals surface area (Å²) in [6.45, 7) is 5.21. The highest BCUT2D eigenvalue weighted by atomic mass is 79.9. The summed E-state index contributed by atoms with van der Waals surface area (Å²) in [5, 5.41) is 5.53. The predicted octanol–water partition coefficient (Wildman–Crippen LogP) is 5.42. The zero-order chi connectivity index (χ0) is 21.3. The normalized spacial score (nSPS) is 15.9. The Morgan fingerprint density at radius 2 is 2.03 bits per heavy atom. The van der Waals surface area contributed by atoms with Gasteiger partial charge in [-0.05, 0) is 60.5 Å². The fourth-order valence-corrected chi connectivity index (χ4v) is 3.28. The summed E-state index contributed by atoms with van der Waals surface area (Å²) in [5.41, 5.74) is 0.401. The van der Waals surface area contributed by atoms with E-state index in [0.29, 0.717) is 15.7 Å². The topological polar surface area (TPSA) is 76.7 Å². The van der Waals surface area contributed by atoms with Gasteiger partial charge in [-0.2, -0.15) is 0 Å². The van der Waals surface area contributed by atoms with Crippen LogP contribution in [0.25, 0.3) is 0 Å². The van der Waals surface area contributed by atoms with Gasteiger partial charge in [0.1, 0.15) is 23.2 Å². The van der Waals surface area contributed by atoms with E-state index in [4.69, 9.17) is 21.1 Å². The van der Waals surface area contributed by atoms with Crippen molar-refractivity contribution in [3.63, 3.8) is 0 Å². The number of fused-ring (bicyclic) bond motifs is 1. The molecule has 0 aromatic heterocycles. The molecule has 29 heavy (non-hydrogen) atoms. The number of carbonyl (C=O) groups is 2. The van der Waals surface area contributed by atoms with Crippen molar-refractivity contribution in [2.24, 2.45) is 0 Å². The van der Waals surface area contributed by atoms with Crippen LogP contribution >= 0.6 is 27.5 Å². The van der Waals surface area contributed by atoms with Crippen LogP contribution in [0.2, 0.25) is 5.02 Å². The van der Waals surface area contributed by atoms with Gasteiger partial charge >= 0.3 is 6.09 Å². The lowest BCUT2D eigenvalue weighted by atomic mass is 9.98. The number of carbonyl (C=O) groups excluding carboxylic acids is 2. The molecule has 2 aromatic carbocycles. The number of hydrogen-bond acceptors (Lipinski definition) is 4. The lowest BCUT2D eigenvalue weighted by Gasteiger charge is -2.28. The molecule has 154 valence electrons. The molecule has 0 radical (unpaired) electrons. The van der Waals surface area contributed by atoms with E-state index in [2.05, 4.69) is 26.6 Å². The van der Waals surface area contributed by atoms with Gasteiger partial charge < -0.3 is 20.1 Å². The number of alkyl carbamates (subject to hydrolysis) is 1. The summed E-state index contributed by atoms with van der Waals surface area (Å²) in [6, 6.07) is 6.53. The molecule has 1 heterocycles.